The number of rotatable bonds is 6. The molecule has 2 aromatic carbocycles. The van der Waals surface area contributed by atoms with Crippen molar-refractivity contribution < 1.29 is 14.3 Å². The highest BCUT2D eigenvalue weighted by molar-refractivity contribution is 6.43. The molecule has 0 radical (unpaired) electrons. The van der Waals surface area contributed by atoms with Crippen LogP contribution in [0.15, 0.2) is 54.6 Å². The molecule has 1 heterocycles. The van der Waals surface area contributed by atoms with Crippen LogP contribution in [0.3, 0.4) is 0 Å². The second-order valence-electron chi connectivity index (χ2n) is 6.56. The lowest BCUT2D eigenvalue weighted by molar-refractivity contribution is -0.117. The Morgan fingerprint density at radius 2 is 1.68 bits per heavy atom. The summed E-state index contributed by atoms with van der Waals surface area (Å²) in [7, 11) is 1.57. The Morgan fingerprint density at radius 1 is 1.04 bits per heavy atom. The summed E-state index contributed by atoms with van der Waals surface area (Å²) >= 11 is 0. The predicted octanol–water partition coefficient (Wildman–Crippen LogP) is 3.56. The van der Waals surface area contributed by atoms with E-state index in [0.717, 1.165) is 11.3 Å². The summed E-state index contributed by atoms with van der Waals surface area (Å²) in [4.78, 5) is 25.5. The van der Waals surface area contributed by atoms with Crippen molar-refractivity contribution in [2.75, 3.05) is 7.11 Å². The lowest BCUT2D eigenvalue weighted by atomic mass is 10.1. The van der Waals surface area contributed by atoms with E-state index in [1.165, 1.54) is 0 Å². The molecule has 3 aromatic rings. The van der Waals surface area contributed by atoms with Crippen LogP contribution in [0.25, 0.3) is 5.69 Å². The highest BCUT2D eigenvalue weighted by Crippen LogP contribution is 2.25. The Hall–Kier alpha value is -3.41. The summed E-state index contributed by atoms with van der Waals surface area (Å²) in [5.41, 5.74) is 3.12. The topological polar surface area (TPSA) is 73.2 Å². The number of ketones is 1. The van der Waals surface area contributed by atoms with E-state index in [0.29, 0.717) is 22.7 Å². The molecular weight excluding hydrogens is 354 g/mol. The molecule has 144 valence electrons. The van der Waals surface area contributed by atoms with Gasteiger partial charge in [-0.25, -0.2) is 4.68 Å². The Labute approximate surface area is 164 Å². The van der Waals surface area contributed by atoms with Gasteiger partial charge in [-0.05, 0) is 39.0 Å². The van der Waals surface area contributed by atoms with E-state index in [1.54, 1.807) is 25.6 Å². The molecule has 0 aliphatic rings. The Balaban J connectivity index is 1.84. The van der Waals surface area contributed by atoms with Gasteiger partial charge in [0.25, 0.3) is 11.7 Å². The number of carbonyl (C=O) groups excluding carboxylic acids is 2. The van der Waals surface area contributed by atoms with Crippen molar-refractivity contribution in [3.63, 3.8) is 0 Å². The maximum atomic E-state index is 12.9. The van der Waals surface area contributed by atoms with E-state index in [4.69, 9.17) is 4.74 Å². The molecule has 6 nitrogen and oxygen atoms in total. The fraction of sp³-hybridized carbons (Fsp3) is 0.227. The average Bonchev–Trinajstić information content (AvgIpc) is 3.01. The SMILES string of the molecule is COc1ccccc1C(C)NC(=O)C(=O)c1c(C)nn(-c2ccccc2)c1C. The molecule has 0 spiro atoms. The van der Waals surface area contributed by atoms with Crippen LogP contribution in [0.2, 0.25) is 0 Å². The largest absolute Gasteiger partial charge is 0.496 e. The number of hydrogen-bond donors (Lipinski definition) is 1. The third-order valence-electron chi connectivity index (χ3n) is 4.68. The van der Waals surface area contributed by atoms with Gasteiger partial charge in [-0.15, -0.1) is 0 Å². The minimum atomic E-state index is -0.669. The first-order chi connectivity index (χ1) is 13.4. The van der Waals surface area contributed by atoms with Gasteiger partial charge in [0.05, 0.1) is 35.8 Å². The number of methoxy groups -OCH3 is 1. The van der Waals surface area contributed by atoms with Crippen molar-refractivity contribution >= 4 is 11.7 Å². The maximum Gasteiger partial charge on any atom is 0.293 e. The van der Waals surface area contributed by atoms with E-state index in [-0.39, 0.29) is 6.04 Å². The summed E-state index contributed by atoms with van der Waals surface area (Å²) in [5, 5.41) is 7.21. The van der Waals surface area contributed by atoms with Crippen LogP contribution in [-0.4, -0.2) is 28.6 Å². The second kappa shape index (κ2) is 8.08. The molecule has 3 rings (SSSR count). The van der Waals surface area contributed by atoms with E-state index < -0.39 is 11.7 Å². The Morgan fingerprint density at radius 3 is 2.36 bits per heavy atom. The van der Waals surface area contributed by atoms with Crippen molar-refractivity contribution in [1.82, 2.24) is 15.1 Å². The number of Topliss-reactive ketones (excluding diaryl/α,β-unsaturated/α-hetero) is 1. The number of para-hydroxylation sites is 2. The smallest absolute Gasteiger partial charge is 0.293 e. The van der Waals surface area contributed by atoms with Gasteiger partial charge in [-0.3, -0.25) is 9.59 Å². The number of hydrogen-bond acceptors (Lipinski definition) is 4. The highest BCUT2D eigenvalue weighted by Gasteiger charge is 2.26. The van der Waals surface area contributed by atoms with Crippen LogP contribution in [0, 0.1) is 13.8 Å². The number of aryl methyl sites for hydroxylation is 1. The molecule has 1 atom stereocenters. The van der Waals surface area contributed by atoms with Crippen molar-refractivity contribution in [2.45, 2.75) is 26.8 Å². The van der Waals surface area contributed by atoms with Gasteiger partial charge in [0.1, 0.15) is 5.75 Å². The summed E-state index contributed by atoms with van der Waals surface area (Å²) in [6.07, 6.45) is 0. The average molecular weight is 377 g/mol. The van der Waals surface area contributed by atoms with Crippen LogP contribution >= 0.6 is 0 Å². The van der Waals surface area contributed by atoms with Crippen LogP contribution in [-0.2, 0) is 4.79 Å². The highest BCUT2D eigenvalue weighted by atomic mass is 16.5. The van der Waals surface area contributed by atoms with E-state index in [2.05, 4.69) is 10.4 Å². The Bertz CT molecular complexity index is 1010. The molecule has 0 saturated carbocycles. The minimum Gasteiger partial charge on any atom is -0.496 e. The lowest BCUT2D eigenvalue weighted by Gasteiger charge is -2.16. The summed E-state index contributed by atoms with van der Waals surface area (Å²) in [6, 6.07) is 16.5. The molecule has 0 aliphatic carbocycles. The van der Waals surface area contributed by atoms with E-state index in [1.807, 2.05) is 61.5 Å². The third-order valence-corrected chi connectivity index (χ3v) is 4.68. The van der Waals surface area contributed by atoms with Crippen LogP contribution < -0.4 is 10.1 Å². The molecule has 28 heavy (non-hydrogen) atoms. The van der Waals surface area contributed by atoms with Crippen LogP contribution in [0.5, 0.6) is 5.75 Å². The quantitative estimate of drug-likeness (QED) is 0.527. The fourth-order valence-electron chi connectivity index (χ4n) is 3.27. The number of ether oxygens (including phenoxy) is 1. The number of amides is 1. The zero-order valence-electron chi connectivity index (χ0n) is 16.4. The predicted molar refractivity (Wildman–Crippen MR) is 107 cm³/mol. The first-order valence-electron chi connectivity index (χ1n) is 9.03. The number of carbonyl (C=O) groups is 2. The van der Waals surface area contributed by atoms with Gasteiger partial charge in [0, 0.05) is 5.56 Å². The third kappa shape index (κ3) is 3.67. The summed E-state index contributed by atoms with van der Waals surface area (Å²) < 4.78 is 7.01. The number of nitrogens with zero attached hydrogens (tertiary/aromatic N) is 2. The van der Waals surface area contributed by atoms with Gasteiger partial charge >= 0.3 is 0 Å². The first kappa shape index (κ1) is 19.4. The molecule has 6 heteroatoms. The standard InChI is InChI=1S/C22H23N3O3/c1-14(18-12-8-9-13-19(18)28-4)23-22(27)21(26)20-15(2)24-25(16(20)3)17-10-6-5-7-11-17/h5-14H,1-4H3,(H,23,27). The number of aromatic nitrogens is 2. The second-order valence-corrected chi connectivity index (χ2v) is 6.56. The van der Waals surface area contributed by atoms with Crippen molar-refractivity contribution in [3.05, 3.63) is 77.1 Å². The molecule has 1 aromatic heterocycles. The molecule has 1 unspecified atom stereocenters. The lowest BCUT2D eigenvalue weighted by Crippen LogP contribution is -2.33. The van der Waals surface area contributed by atoms with Crippen molar-refractivity contribution in [2.24, 2.45) is 0 Å². The van der Waals surface area contributed by atoms with Gasteiger partial charge in [-0.1, -0.05) is 36.4 Å². The summed E-state index contributed by atoms with van der Waals surface area (Å²) in [5.74, 6) is -0.608. The normalized spacial score (nSPS) is 11.7. The number of nitrogens with one attached hydrogen (secondary N) is 1. The molecule has 0 bridgehead atoms. The van der Waals surface area contributed by atoms with Crippen LogP contribution in [0.1, 0.15) is 40.3 Å². The summed E-state index contributed by atoms with van der Waals surface area (Å²) in [6.45, 7) is 5.34. The molecule has 1 N–H and O–H groups in total. The molecule has 0 aliphatic heterocycles. The first-order valence-corrected chi connectivity index (χ1v) is 9.03. The minimum absolute atomic E-state index is 0.327. The molecule has 0 saturated heterocycles. The maximum absolute atomic E-state index is 12.9. The van der Waals surface area contributed by atoms with Gasteiger partial charge < -0.3 is 10.1 Å². The molecular formula is C22H23N3O3. The monoisotopic (exact) mass is 377 g/mol. The molecule has 1 amide bonds. The van der Waals surface area contributed by atoms with Crippen molar-refractivity contribution in [1.29, 1.82) is 0 Å². The van der Waals surface area contributed by atoms with Crippen LogP contribution in [0.4, 0.5) is 0 Å². The number of benzene rings is 2. The fourth-order valence-corrected chi connectivity index (χ4v) is 3.27. The zero-order valence-corrected chi connectivity index (χ0v) is 16.4. The Kier molecular flexibility index (Phi) is 5.59. The zero-order chi connectivity index (χ0) is 20.3. The molecule has 0 fully saturated rings. The van der Waals surface area contributed by atoms with Gasteiger partial charge in [0.2, 0.25) is 0 Å². The van der Waals surface area contributed by atoms with E-state index in [9.17, 15) is 9.59 Å². The van der Waals surface area contributed by atoms with Crippen molar-refractivity contribution in [3.8, 4) is 11.4 Å². The van der Waals surface area contributed by atoms with Gasteiger partial charge in [-0.2, -0.15) is 5.10 Å². The van der Waals surface area contributed by atoms with Gasteiger partial charge in [0.15, 0.2) is 0 Å². The van der Waals surface area contributed by atoms with E-state index >= 15 is 0 Å².